The van der Waals surface area contributed by atoms with E-state index in [1.165, 1.54) is 18.2 Å². The zero-order valence-electron chi connectivity index (χ0n) is 18.6. The quantitative estimate of drug-likeness (QED) is 0.293. The Morgan fingerprint density at radius 1 is 1.21 bits per heavy atom. The van der Waals surface area contributed by atoms with Gasteiger partial charge in [0, 0.05) is 31.1 Å². The zero-order valence-corrected chi connectivity index (χ0v) is 18.6. The summed E-state index contributed by atoms with van der Waals surface area (Å²) in [6.45, 7) is 2.60. The lowest BCUT2D eigenvalue weighted by Gasteiger charge is -2.45. The van der Waals surface area contributed by atoms with Gasteiger partial charge in [0.1, 0.15) is 0 Å². The molecule has 3 atom stereocenters. The van der Waals surface area contributed by atoms with Gasteiger partial charge in [0.2, 0.25) is 12.3 Å². The minimum absolute atomic E-state index is 0.105. The topological polar surface area (TPSA) is 84.2 Å². The Balaban J connectivity index is 1.99. The number of nitrogen functional groups attached to an aromatic ring is 1. The first-order chi connectivity index (χ1) is 15.7. The van der Waals surface area contributed by atoms with Crippen molar-refractivity contribution in [3.05, 3.63) is 65.2 Å². The molecule has 3 rings (SSSR count). The lowest BCUT2D eigenvalue weighted by molar-refractivity contribution is -0.154. The first-order valence-electron chi connectivity index (χ1n) is 11.1. The third-order valence-corrected chi connectivity index (χ3v) is 6.81. The predicted octanol–water partition coefficient (Wildman–Crippen LogP) is 4.43. The van der Waals surface area contributed by atoms with Gasteiger partial charge >= 0.3 is 6.18 Å². The van der Waals surface area contributed by atoms with Gasteiger partial charge in [0.25, 0.3) is 0 Å². The van der Waals surface area contributed by atoms with Crippen LogP contribution in [0.4, 0.5) is 18.9 Å². The summed E-state index contributed by atoms with van der Waals surface area (Å²) in [5.74, 6) is -2.04. The molecule has 2 aromatic rings. The van der Waals surface area contributed by atoms with Gasteiger partial charge in [-0.05, 0) is 60.4 Å². The molecule has 4 N–H and O–H groups in total. The van der Waals surface area contributed by atoms with Crippen LogP contribution >= 0.6 is 0 Å². The lowest BCUT2D eigenvalue weighted by atomic mass is 9.62. The fourth-order valence-corrected chi connectivity index (χ4v) is 5.11. The van der Waals surface area contributed by atoms with Crippen LogP contribution in [0.5, 0.6) is 0 Å². The van der Waals surface area contributed by atoms with Crippen molar-refractivity contribution < 1.29 is 22.8 Å². The van der Waals surface area contributed by atoms with Gasteiger partial charge in [-0.25, -0.2) is 0 Å². The largest absolute Gasteiger partial charge is 0.399 e. The second-order valence-corrected chi connectivity index (χ2v) is 8.88. The molecule has 3 unspecified atom stereocenters. The monoisotopic (exact) mass is 461 g/mol. The van der Waals surface area contributed by atoms with Crippen molar-refractivity contribution >= 4 is 18.0 Å². The number of carbonyl (C=O) groups excluding carboxylic acids is 2. The van der Waals surface area contributed by atoms with Crippen LogP contribution in [0.3, 0.4) is 0 Å². The molecule has 1 heterocycles. The minimum atomic E-state index is -4.45. The Bertz CT molecular complexity index is 979. The molecule has 1 saturated heterocycles. The minimum Gasteiger partial charge on any atom is -0.399 e. The van der Waals surface area contributed by atoms with Crippen molar-refractivity contribution in [3.63, 3.8) is 0 Å². The highest BCUT2D eigenvalue weighted by atomic mass is 19.4. The van der Waals surface area contributed by atoms with Crippen molar-refractivity contribution in [2.45, 2.75) is 50.6 Å². The molecule has 1 fully saturated rings. The average molecular weight is 462 g/mol. The van der Waals surface area contributed by atoms with Crippen LogP contribution in [0.1, 0.15) is 54.2 Å². The molecule has 8 heteroatoms. The second kappa shape index (κ2) is 10.3. The number of halogens is 3. The van der Waals surface area contributed by atoms with Crippen LogP contribution in [0.15, 0.2) is 48.5 Å². The summed E-state index contributed by atoms with van der Waals surface area (Å²) in [5.41, 5.74) is 7.46. The second-order valence-electron chi connectivity index (χ2n) is 8.88. The Morgan fingerprint density at radius 3 is 2.64 bits per heavy atom. The third kappa shape index (κ3) is 5.86. The van der Waals surface area contributed by atoms with E-state index in [0.717, 1.165) is 11.1 Å². The van der Waals surface area contributed by atoms with Crippen molar-refractivity contribution in [2.24, 2.45) is 5.41 Å². The summed E-state index contributed by atoms with van der Waals surface area (Å²) in [6.07, 6.45) is -3.37. The molecule has 2 amide bonds. The third-order valence-electron chi connectivity index (χ3n) is 6.81. The van der Waals surface area contributed by atoms with E-state index in [4.69, 9.17) is 5.73 Å². The number of amides is 2. The molecule has 0 aromatic heterocycles. The number of hydrogen-bond donors (Lipinski definition) is 3. The summed E-state index contributed by atoms with van der Waals surface area (Å²) in [6, 6.07) is 13.6. The van der Waals surface area contributed by atoms with E-state index < -0.39 is 17.5 Å². The Kier molecular flexibility index (Phi) is 7.66. The highest BCUT2D eigenvalue weighted by Gasteiger charge is 2.47. The highest BCUT2D eigenvalue weighted by Crippen LogP contribution is 2.51. The van der Waals surface area contributed by atoms with Crippen molar-refractivity contribution in [3.8, 4) is 0 Å². The number of benzene rings is 2. The van der Waals surface area contributed by atoms with E-state index in [9.17, 15) is 22.8 Å². The number of anilines is 1. The number of alkyl halides is 3. The van der Waals surface area contributed by atoms with Gasteiger partial charge < -0.3 is 16.4 Å². The van der Waals surface area contributed by atoms with Crippen molar-refractivity contribution in [1.29, 1.82) is 0 Å². The van der Waals surface area contributed by atoms with Gasteiger partial charge in [-0.15, -0.1) is 0 Å². The number of rotatable bonds is 9. The van der Waals surface area contributed by atoms with Gasteiger partial charge in [0.15, 0.2) is 0 Å². The van der Waals surface area contributed by atoms with Crippen LogP contribution in [0.25, 0.3) is 0 Å². The zero-order chi connectivity index (χ0) is 24.1. The molecule has 178 valence electrons. The van der Waals surface area contributed by atoms with Crippen molar-refractivity contribution in [2.75, 3.05) is 18.8 Å². The Morgan fingerprint density at radius 2 is 1.97 bits per heavy atom. The van der Waals surface area contributed by atoms with Crippen LogP contribution in [-0.2, 0) is 9.59 Å². The Hall–Kier alpha value is -3.03. The molecule has 0 aliphatic carbocycles. The average Bonchev–Trinajstić information content (AvgIpc) is 2.74. The molecule has 0 spiro atoms. The normalized spacial score (nSPS) is 21.8. The van der Waals surface area contributed by atoms with Gasteiger partial charge in [-0.1, -0.05) is 36.4 Å². The molecule has 0 saturated carbocycles. The van der Waals surface area contributed by atoms with Crippen molar-refractivity contribution in [1.82, 2.24) is 10.6 Å². The van der Waals surface area contributed by atoms with E-state index in [1.54, 1.807) is 6.07 Å². The van der Waals surface area contributed by atoms with Gasteiger partial charge in [-0.3, -0.25) is 9.59 Å². The molecule has 1 aliphatic rings. The number of hydrogen-bond acceptors (Lipinski definition) is 3. The summed E-state index contributed by atoms with van der Waals surface area (Å²) in [4.78, 5) is 23.4. The molecular weight excluding hydrogens is 431 g/mol. The van der Waals surface area contributed by atoms with Crippen LogP contribution in [-0.4, -0.2) is 31.6 Å². The number of nitrogens with one attached hydrogen (secondary N) is 2. The van der Waals surface area contributed by atoms with E-state index in [-0.39, 0.29) is 48.9 Å². The highest BCUT2D eigenvalue weighted by molar-refractivity contribution is 5.78. The maximum absolute atomic E-state index is 14.1. The van der Waals surface area contributed by atoms with E-state index in [2.05, 4.69) is 10.6 Å². The molecule has 2 aromatic carbocycles. The Labute approximate surface area is 191 Å². The van der Waals surface area contributed by atoms with Gasteiger partial charge in [0.05, 0.1) is 5.92 Å². The molecule has 33 heavy (non-hydrogen) atoms. The fraction of sp³-hybridized carbons (Fsp3) is 0.440. The summed E-state index contributed by atoms with van der Waals surface area (Å²) < 4.78 is 42.3. The number of piperidine rings is 1. The summed E-state index contributed by atoms with van der Waals surface area (Å²) in [5, 5.41) is 5.52. The lowest BCUT2D eigenvalue weighted by Crippen LogP contribution is -2.48. The SMILES string of the molecule is Cc1ccccc1C1CNC(=O)CC1(CCNC=O)CCC(c1cccc(N)c1)C(F)(F)F. The van der Waals surface area contributed by atoms with E-state index in [0.29, 0.717) is 19.4 Å². The first kappa shape index (κ1) is 24.6. The van der Waals surface area contributed by atoms with E-state index >= 15 is 0 Å². The van der Waals surface area contributed by atoms with Gasteiger partial charge in [-0.2, -0.15) is 13.2 Å². The first-order valence-corrected chi connectivity index (χ1v) is 11.1. The summed E-state index contributed by atoms with van der Waals surface area (Å²) in [7, 11) is 0. The van der Waals surface area contributed by atoms with Crippen LogP contribution in [0.2, 0.25) is 0 Å². The summed E-state index contributed by atoms with van der Waals surface area (Å²) >= 11 is 0. The molecule has 0 bridgehead atoms. The van der Waals surface area contributed by atoms with Crippen LogP contribution in [0, 0.1) is 12.3 Å². The smallest absolute Gasteiger partial charge is 0.395 e. The number of nitrogens with two attached hydrogens (primary N) is 1. The van der Waals surface area contributed by atoms with Crippen LogP contribution < -0.4 is 16.4 Å². The standard InChI is InChI=1S/C25H30F3N3O2/c1-17-5-2-3-8-20(17)22-15-31-23(33)14-24(22,11-12-30-16-32)10-9-21(25(26,27)28)18-6-4-7-19(29)13-18/h2-8,13,16,21-22H,9-12,14-15,29H2,1H3,(H,30,32)(H,31,33). The molecule has 5 nitrogen and oxygen atoms in total. The maximum Gasteiger partial charge on any atom is 0.395 e. The molecular formula is C25H30F3N3O2. The number of carbonyl (C=O) groups is 2. The van der Waals surface area contributed by atoms with E-state index in [1.807, 2.05) is 31.2 Å². The molecule has 1 aliphatic heterocycles. The fourth-order valence-electron chi connectivity index (χ4n) is 5.11. The maximum atomic E-state index is 14.1. The molecule has 0 radical (unpaired) electrons. The number of aryl methyl sites for hydroxylation is 1. The predicted molar refractivity (Wildman–Crippen MR) is 122 cm³/mol.